The molecule has 0 radical (unpaired) electrons. The first kappa shape index (κ1) is 19.5. The summed E-state index contributed by atoms with van der Waals surface area (Å²) in [5, 5.41) is 4.80. The molecule has 0 spiro atoms. The van der Waals surface area contributed by atoms with E-state index < -0.39 is 0 Å². The SMILES string of the molecule is Cn1cc(-c2ccnc(N3CCCC3)n2)c([C@H]2CCCN(C(=O)[C@H]3CCCO3)C2)n1. The third-order valence-electron chi connectivity index (χ3n) is 6.49. The highest BCUT2D eigenvalue weighted by Crippen LogP contribution is 2.34. The number of likely N-dealkylation sites (tertiary alicyclic amines) is 1. The molecule has 8 heteroatoms. The number of aryl methyl sites for hydroxylation is 1. The van der Waals surface area contributed by atoms with E-state index in [1.165, 1.54) is 12.8 Å². The van der Waals surface area contributed by atoms with Crippen LogP contribution in [0.25, 0.3) is 11.3 Å². The van der Waals surface area contributed by atoms with Gasteiger partial charge in [0.15, 0.2) is 0 Å². The lowest BCUT2D eigenvalue weighted by Gasteiger charge is -2.33. The number of rotatable bonds is 4. The third-order valence-corrected chi connectivity index (χ3v) is 6.49. The van der Waals surface area contributed by atoms with Crippen molar-refractivity contribution in [3.05, 3.63) is 24.2 Å². The molecule has 3 fully saturated rings. The largest absolute Gasteiger partial charge is 0.368 e. The molecular weight excluding hydrogens is 380 g/mol. The number of nitrogens with zero attached hydrogens (tertiary/aromatic N) is 6. The number of piperidine rings is 1. The zero-order valence-electron chi connectivity index (χ0n) is 17.7. The molecule has 1 amide bonds. The molecule has 3 aliphatic rings. The molecule has 0 saturated carbocycles. The van der Waals surface area contributed by atoms with Gasteiger partial charge >= 0.3 is 0 Å². The van der Waals surface area contributed by atoms with Gasteiger partial charge in [-0.1, -0.05) is 0 Å². The fraction of sp³-hybridized carbons (Fsp3) is 0.636. The maximum atomic E-state index is 12.9. The van der Waals surface area contributed by atoms with E-state index >= 15 is 0 Å². The Balaban J connectivity index is 1.39. The molecule has 2 aromatic rings. The van der Waals surface area contributed by atoms with Gasteiger partial charge in [-0.25, -0.2) is 9.97 Å². The number of amides is 1. The highest BCUT2D eigenvalue weighted by molar-refractivity contribution is 5.81. The van der Waals surface area contributed by atoms with E-state index in [4.69, 9.17) is 14.8 Å². The van der Waals surface area contributed by atoms with Crippen molar-refractivity contribution in [2.45, 2.75) is 50.5 Å². The molecule has 3 saturated heterocycles. The molecule has 3 aliphatic heterocycles. The van der Waals surface area contributed by atoms with Crippen molar-refractivity contribution in [2.75, 3.05) is 37.7 Å². The van der Waals surface area contributed by atoms with E-state index in [9.17, 15) is 4.79 Å². The molecule has 0 N–H and O–H groups in total. The van der Waals surface area contributed by atoms with Gasteiger partial charge in [0.2, 0.25) is 5.95 Å². The van der Waals surface area contributed by atoms with Crippen LogP contribution in [-0.4, -0.2) is 69.4 Å². The van der Waals surface area contributed by atoms with Crippen LogP contribution in [0.5, 0.6) is 0 Å². The molecule has 8 nitrogen and oxygen atoms in total. The summed E-state index contributed by atoms with van der Waals surface area (Å²) in [6.45, 7) is 4.25. The van der Waals surface area contributed by atoms with Gasteiger partial charge in [-0.05, 0) is 44.6 Å². The van der Waals surface area contributed by atoms with E-state index in [2.05, 4.69) is 9.88 Å². The predicted molar refractivity (Wildman–Crippen MR) is 113 cm³/mol. The summed E-state index contributed by atoms with van der Waals surface area (Å²) in [6.07, 6.45) is 9.88. The van der Waals surface area contributed by atoms with Gasteiger partial charge in [-0.2, -0.15) is 5.10 Å². The summed E-state index contributed by atoms with van der Waals surface area (Å²) in [5.74, 6) is 1.16. The number of aromatic nitrogens is 4. The van der Waals surface area contributed by atoms with Crippen molar-refractivity contribution in [3.8, 4) is 11.3 Å². The van der Waals surface area contributed by atoms with Crippen LogP contribution in [0.15, 0.2) is 18.5 Å². The van der Waals surface area contributed by atoms with Crippen LogP contribution in [0.1, 0.15) is 50.1 Å². The zero-order valence-corrected chi connectivity index (χ0v) is 17.7. The average Bonchev–Trinajstić information content (AvgIpc) is 3.55. The van der Waals surface area contributed by atoms with E-state index in [0.717, 1.165) is 68.2 Å². The maximum Gasteiger partial charge on any atom is 0.251 e. The summed E-state index contributed by atoms with van der Waals surface area (Å²) < 4.78 is 7.50. The Bertz CT molecular complexity index is 901. The van der Waals surface area contributed by atoms with Crippen molar-refractivity contribution in [1.82, 2.24) is 24.6 Å². The summed E-state index contributed by atoms with van der Waals surface area (Å²) in [4.78, 5) is 26.5. The Hall–Kier alpha value is -2.48. The third kappa shape index (κ3) is 3.80. The van der Waals surface area contributed by atoms with Crippen molar-refractivity contribution in [3.63, 3.8) is 0 Å². The molecule has 0 bridgehead atoms. The van der Waals surface area contributed by atoms with Crippen molar-refractivity contribution in [2.24, 2.45) is 7.05 Å². The molecule has 5 heterocycles. The van der Waals surface area contributed by atoms with Crippen LogP contribution >= 0.6 is 0 Å². The van der Waals surface area contributed by atoms with Gasteiger partial charge in [0.1, 0.15) is 6.10 Å². The normalized spacial score (nSPS) is 24.6. The van der Waals surface area contributed by atoms with Crippen LogP contribution in [0.2, 0.25) is 0 Å². The fourth-order valence-electron chi connectivity index (χ4n) is 4.95. The average molecular weight is 411 g/mol. The predicted octanol–water partition coefficient (Wildman–Crippen LogP) is 2.36. The topological polar surface area (TPSA) is 76.4 Å². The smallest absolute Gasteiger partial charge is 0.251 e. The van der Waals surface area contributed by atoms with Crippen LogP contribution < -0.4 is 4.90 Å². The lowest BCUT2D eigenvalue weighted by molar-refractivity contribution is -0.142. The van der Waals surface area contributed by atoms with Crippen molar-refractivity contribution >= 4 is 11.9 Å². The van der Waals surface area contributed by atoms with Crippen molar-refractivity contribution in [1.29, 1.82) is 0 Å². The van der Waals surface area contributed by atoms with Crippen molar-refractivity contribution < 1.29 is 9.53 Å². The van der Waals surface area contributed by atoms with Crippen LogP contribution in [0.4, 0.5) is 5.95 Å². The van der Waals surface area contributed by atoms with Crippen LogP contribution in [-0.2, 0) is 16.6 Å². The van der Waals surface area contributed by atoms with Gasteiger partial charge < -0.3 is 14.5 Å². The molecule has 2 aromatic heterocycles. The highest BCUT2D eigenvalue weighted by atomic mass is 16.5. The molecular formula is C22H30N6O2. The molecule has 0 aliphatic carbocycles. The Kier molecular flexibility index (Phi) is 5.41. The van der Waals surface area contributed by atoms with Gasteiger partial charge in [-0.3, -0.25) is 9.48 Å². The number of carbonyl (C=O) groups is 1. The van der Waals surface area contributed by atoms with Gasteiger partial charge in [-0.15, -0.1) is 0 Å². The minimum atomic E-state index is -0.253. The molecule has 0 aromatic carbocycles. The lowest BCUT2D eigenvalue weighted by atomic mass is 9.91. The van der Waals surface area contributed by atoms with Gasteiger partial charge in [0, 0.05) is 63.7 Å². The fourth-order valence-corrected chi connectivity index (χ4v) is 4.95. The summed E-state index contributed by atoms with van der Waals surface area (Å²) >= 11 is 0. The summed E-state index contributed by atoms with van der Waals surface area (Å²) in [6, 6.07) is 1.97. The molecule has 160 valence electrons. The number of anilines is 1. The quantitative estimate of drug-likeness (QED) is 0.770. The monoisotopic (exact) mass is 410 g/mol. The molecule has 5 rings (SSSR count). The van der Waals surface area contributed by atoms with Crippen LogP contribution in [0.3, 0.4) is 0 Å². The minimum absolute atomic E-state index is 0.146. The first-order chi connectivity index (χ1) is 14.7. The maximum absolute atomic E-state index is 12.9. The van der Waals surface area contributed by atoms with E-state index in [0.29, 0.717) is 13.2 Å². The Labute approximate surface area is 177 Å². The first-order valence-corrected chi connectivity index (χ1v) is 11.2. The molecule has 30 heavy (non-hydrogen) atoms. The molecule has 0 unspecified atom stereocenters. The van der Waals surface area contributed by atoms with E-state index in [-0.39, 0.29) is 17.9 Å². The first-order valence-electron chi connectivity index (χ1n) is 11.2. The Morgan fingerprint density at radius 3 is 2.80 bits per heavy atom. The number of carbonyl (C=O) groups excluding carboxylic acids is 1. The van der Waals surface area contributed by atoms with Gasteiger partial charge in [0.05, 0.1) is 11.4 Å². The summed E-state index contributed by atoms with van der Waals surface area (Å²) in [5.41, 5.74) is 3.00. The van der Waals surface area contributed by atoms with Gasteiger partial charge in [0.25, 0.3) is 5.91 Å². The lowest BCUT2D eigenvalue weighted by Crippen LogP contribution is -2.44. The zero-order chi connectivity index (χ0) is 20.5. The number of ether oxygens (including phenoxy) is 1. The standard InChI is InChI=1S/C22H30N6O2/c1-26-15-17(18-8-9-23-22(24-18)27-10-2-3-11-27)20(25-26)16-6-4-12-28(14-16)21(29)19-7-5-13-30-19/h8-9,15-16,19H,2-7,10-14H2,1H3/t16-,19+/m0/s1. The van der Waals surface area contributed by atoms with Crippen LogP contribution in [0, 0.1) is 0 Å². The van der Waals surface area contributed by atoms with E-state index in [1.807, 2.05) is 35.1 Å². The van der Waals surface area contributed by atoms with E-state index in [1.54, 1.807) is 0 Å². The summed E-state index contributed by atoms with van der Waals surface area (Å²) in [7, 11) is 1.95. The molecule has 2 atom stereocenters. The minimum Gasteiger partial charge on any atom is -0.368 e. The second-order valence-electron chi connectivity index (χ2n) is 8.66. The second-order valence-corrected chi connectivity index (χ2v) is 8.66. The number of hydrogen-bond donors (Lipinski definition) is 0. The Morgan fingerprint density at radius 2 is 2.00 bits per heavy atom. The highest BCUT2D eigenvalue weighted by Gasteiger charge is 2.33. The second kappa shape index (κ2) is 8.34. The number of hydrogen-bond acceptors (Lipinski definition) is 6. The Morgan fingerprint density at radius 1 is 1.13 bits per heavy atom.